The largest absolute Gasteiger partial charge is 0.454 e. The molecule has 188 valence electrons. The number of amides is 2. The number of esters is 1. The van der Waals surface area contributed by atoms with E-state index < -0.39 is 30.2 Å². The molecule has 1 saturated heterocycles. The van der Waals surface area contributed by atoms with E-state index in [2.05, 4.69) is 5.32 Å². The maximum atomic E-state index is 12.7. The van der Waals surface area contributed by atoms with Gasteiger partial charge in [0.25, 0.3) is 0 Å². The number of hydrogen-bond donors (Lipinski definition) is 3. The van der Waals surface area contributed by atoms with Crippen LogP contribution in [-0.2, 0) is 23.9 Å². The zero-order valence-electron chi connectivity index (χ0n) is 20.2. The number of carbonyl (C=O) groups is 4. The summed E-state index contributed by atoms with van der Waals surface area (Å²) in [7, 11) is 0. The van der Waals surface area contributed by atoms with E-state index in [4.69, 9.17) is 4.74 Å². The number of ketones is 1. The summed E-state index contributed by atoms with van der Waals surface area (Å²) in [5.41, 5.74) is 0.652. The topological polar surface area (TPSA) is 130 Å². The molecule has 0 radical (unpaired) electrons. The van der Waals surface area contributed by atoms with Gasteiger partial charge in [-0.05, 0) is 44.1 Å². The Morgan fingerprint density at radius 3 is 2.50 bits per heavy atom. The van der Waals surface area contributed by atoms with Crippen LogP contribution in [0.1, 0.15) is 65.7 Å². The van der Waals surface area contributed by atoms with Crippen molar-refractivity contribution in [1.29, 1.82) is 0 Å². The molecule has 2 aliphatic rings. The molecule has 5 atom stereocenters. The molecule has 8 nitrogen and oxygen atoms in total. The van der Waals surface area contributed by atoms with Gasteiger partial charge < -0.3 is 14.9 Å². The third-order valence-corrected chi connectivity index (χ3v) is 6.36. The summed E-state index contributed by atoms with van der Waals surface area (Å²) in [6.45, 7) is 5.28. The average Bonchev–Trinajstić information content (AvgIpc) is 2.74. The number of aliphatic hydroxyl groups is 2. The molecule has 1 fully saturated rings. The lowest BCUT2D eigenvalue weighted by molar-refractivity contribution is -0.145. The molecule has 0 spiro atoms. The number of carbonyl (C=O) groups excluding carboxylic acids is 4. The molecular formula is C26H37NO7. The Hall–Kier alpha value is -2.58. The highest BCUT2D eigenvalue weighted by Gasteiger charge is 2.30. The predicted octanol–water partition coefficient (Wildman–Crippen LogP) is 2.54. The van der Waals surface area contributed by atoms with E-state index in [9.17, 15) is 29.4 Å². The Bertz CT molecular complexity index is 828. The van der Waals surface area contributed by atoms with Crippen molar-refractivity contribution in [3.8, 4) is 0 Å². The molecule has 3 N–H and O–H groups in total. The summed E-state index contributed by atoms with van der Waals surface area (Å²) in [6, 6.07) is 0. The zero-order valence-corrected chi connectivity index (χ0v) is 20.2. The van der Waals surface area contributed by atoms with Gasteiger partial charge in [0.15, 0.2) is 0 Å². The molecule has 2 heterocycles. The Kier molecular flexibility index (Phi) is 10.9. The van der Waals surface area contributed by atoms with E-state index in [1.165, 1.54) is 6.08 Å². The van der Waals surface area contributed by atoms with E-state index in [1.54, 1.807) is 32.9 Å². The first-order valence-electron chi connectivity index (χ1n) is 12.0. The molecule has 0 saturated carbocycles. The summed E-state index contributed by atoms with van der Waals surface area (Å²) in [6.07, 6.45) is 8.69. The number of hydrogen-bond acceptors (Lipinski definition) is 7. The van der Waals surface area contributed by atoms with Crippen LogP contribution in [0, 0.1) is 17.8 Å². The van der Waals surface area contributed by atoms with E-state index in [1.807, 2.05) is 12.2 Å². The molecule has 0 bridgehead atoms. The molecule has 0 aromatic rings. The van der Waals surface area contributed by atoms with Crippen molar-refractivity contribution < 1.29 is 34.1 Å². The monoisotopic (exact) mass is 475 g/mol. The Balaban J connectivity index is 2.03. The second-order valence-corrected chi connectivity index (χ2v) is 9.48. The van der Waals surface area contributed by atoms with Gasteiger partial charge in [-0.25, -0.2) is 4.79 Å². The minimum absolute atomic E-state index is 0.104. The van der Waals surface area contributed by atoms with Crippen molar-refractivity contribution in [2.45, 2.75) is 84.0 Å². The van der Waals surface area contributed by atoms with Gasteiger partial charge >= 0.3 is 5.97 Å². The molecule has 8 heteroatoms. The highest BCUT2D eigenvalue weighted by molar-refractivity contribution is 5.97. The fourth-order valence-electron chi connectivity index (χ4n) is 4.41. The molecule has 0 aromatic carbocycles. The van der Waals surface area contributed by atoms with Crippen LogP contribution in [-0.4, -0.2) is 52.1 Å². The first kappa shape index (κ1) is 27.7. The summed E-state index contributed by atoms with van der Waals surface area (Å²) in [5.74, 6) is -2.64. The molecule has 34 heavy (non-hydrogen) atoms. The Labute approximate surface area is 201 Å². The van der Waals surface area contributed by atoms with Crippen molar-refractivity contribution >= 4 is 23.6 Å². The SMILES string of the molecule is CC(=CC(C)C(=O)CC(O)CC1CC(=O)NC(=O)C1)C1OC(=O)C=CCCC=CCC(O)C1C. The number of Topliss-reactive ketones (excluding diaryl/α,β-unsaturated/α-hetero) is 1. The van der Waals surface area contributed by atoms with Crippen LogP contribution in [0.15, 0.2) is 36.0 Å². The highest BCUT2D eigenvalue weighted by Crippen LogP contribution is 2.25. The summed E-state index contributed by atoms with van der Waals surface area (Å²) in [5, 5.41) is 23.2. The smallest absolute Gasteiger partial charge is 0.331 e. The lowest BCUT2D eigenvalue weighted by Crippen LogP contribution is -2.39. The molecule has 2 aliphatic heterocycles. The number of allylic oxidation sites excluding steroid dienone is 3. The minimum Gasteiger partial charge on any atom is -0.454 e. The van der Waals surface area contributed by atoms with E-state index in [0.717, 1.165) is 6.42 Å². The van der Waals surface area contributed by atoms with Crippen molar-refractivity contribution in [2.24, 2.45) is 17.8 Å². The minimum atomic E-state index is -0.954. The van der Waals surface area contributed by atoms with Crippen LogP contribution in [0.3, 0.4) is 0 Å². The van der Waals surface area contributed by atoms with Gasteiger partial charge in [-0.3, -0.25) is 19.7 Å². The van der Waals surface area contributed by atoms with Crippen molar-refractivity contribution in [1.82, 2.24) is 5.32 Å². The van der Waals surface area contributed by atoms with Crippen LogP contribution >= 0.6 is 0 Å². The van der Waals surface area contributed by atoms with Crippen molar-refractivity contribution in [2.75, 3.05) is 0 Å². The lowest BCUT2D eigenvalue weighted by Gasteiger charge is -2.28. The van der Waals surface area contributed by atoms with Crippen molar-refractivity contribution in [3.63, 3.8) is 0 Å². The molecule has 0 aliphatic carbocycles. The summed E-state index contributed by atoms with van der Waals surface area (Å²) < 4.78 is 5.64. The van der Waals surface area contributed by atoms with Crippen LogP contribution in [0.4, 0.5) is 0 Å². The van der Waals surface area contributed by atoms with Gasteiger partial charge in [0.1, 0.15) is 11.9 Å². The Morgan fingerprint density at radius 1 is 1.18 bits per heavy atom. The standard InChI is InChI=1S/C26H37NO7/c1-16(22(30)15-20(28)12-19-13-23(31)27-24(32)14-19)11-17(2)26-18(3)21(29)9-7-5-4-6-8-10-25(33)34-26/h5,7-8,10-11,16,18-21,26,28-29H,4,6,9,12-15H2,1-3H3,(H,27,31,32). The predicted molar refractivity (Wildman–Crippen MR) is 126 cm³/mol. The number of ether oxygens (including phenoxy) is 1. The molecule has 0 aromatic heterocycles. The second kappa shape index (κ2) is 13.3. The fraction of sp³-hybridized carbons (Fsp3) is 0.615. The average molecular weight is 476 g/mol. The van der Waals surface area contributed by atoms with Gasteiger partial charge in [0.05, 0.1) is 12.2 Å². The molecule has 2 rings (SSSR count). The summed E-state index contributed by atoms with van der Waals surface area (Å²) >= 11 is 0. The van der Waals surface area contributed by atoms with Gasteiger partial charge in [-0.1, -0.05) is 38.2 Å². The number of rotatable bonds is 7. The number of piperidine rings is 1. The van der Waals surface area contributed by atoms with Crippen LogP contribution in [0.25, 0.3) is 0 Å². The zero-order chi connectivity index (χ0) is 25.3. The van der Waals surface area contributed by atoms with Crippen LogP contribution in [0.2, 0.25) is 0 Å². The molecular weight excluding hydrogens is 438 g/mol. The van der Waals surface area contributed by atoms with Gasteiger partial charge in [-0.15, -0.1) is 0 Å². The van der Waals surface area contributed by atoms with Gasteiger partial charge in [0.2, 0.25) is 11.8 Å². The number of cyclic esters (lactones) is 1. The third-order valence-electron chi connectivity index (χ3n) is 6.36. The fourth-order valence-corrected chi connectivity index (χ4v) is 4.41. The Morgan fingerprint density at radius 2 is 1.82 bits per heavy atom. The molecule has 5 unspecified atom stereocenters. The summed E-state index contributed by atoms with van der Waals surface area (Å²) in [4.78, 5) is 48.0. The first-order chi connectivity index (χ1) is 16.1. The van der Waals surface area contributed by atoms with Crippen LogP contribution < -0.4 is 5.32 Å². The van der Waals surface area contributed by atoms with Crippen LogP contribution in [0.5, 0.6) is 0 Å². The number of nitrogens with one attached hydrogen (secondary N) is 1. The quantitative estimate of drug-likeness (QED) is 0.293. The maximum absolute atomic E-state index is 12.7. The van der Waals surface area contributed by atoms with Crippen molar-refractivity contribution in [3.05, 3.63) is 36.0 Å². The van der Waals surface area contributed by atoms with E-state index in [-0.39, 0.29) is 55.1 Å². The first-order valence-corrected chi connectivity index (χ1v) is 12.0. The lowest BCUT2D eigenvalue weighted by atomic mass is 9.87. The van der Waals surface area contributed by atoms with Gasteiger partial charge in [0, 0.05) is 37.2 Å². The third kappa shape index (κ3) is 8.99. The number of imide groups is 1. The maximum Gasteiger partial charge on any atom is 0.331 e. The van der Waals surface area contributed by atoms with Gasteiger partial charge in [-0.2, -0.15) is 0 Å². The highest BCUT2D eigenvalue weighted by atomic mass is 16.5. The van der Waals surface area contributed by atoms with E-state index in [0.29, 0.717) is 18.4 Å². The normalized spacial score (nSPS) is 27.3. The molecule has 2 amide bonds. The second-order valence-electron chi connectivity index (χ2n) is 9.48. The number of aliphatic hydroxyl groups excluding tert-OH is 2. The van der Waals surface area contributed by atoms with E-state index >= 15 is 0 Å².